The molecule has 2 atom stereocenters. The number of carbonyl (C=O) groups excluding carboxylic acids is 1. The van der Waals surface area contributed by atoms with Crippen LogP contribution in [-0.4, -0.2) is 20.4 Å². The molecule has 0 saturated carbocycles. The van der Waals surface area contributed by atoms with Crippen LogP contribution in [0.3, 0.4) is 0 Å². The molecule has 0 radical (unpaired) electrons. The number of hydrogen-bond donors (Lipinski definition) is 1. The van der Waals surface area contributed by atoms with Crippen molar-refractivity contribution in [1.82, 2.24) is 9.55 Å². The first kappa shape index (κ1) is 11.8. The lowest BCUT2D eigenvalue weighted by atomic mass is 10.2. The summed E-state index contributed by atoms with van der Waals surface area (Å²) in [5.74, 6) is 0.587. The molecular formula is C13H16N2O2. The molecule has 1 heterocycles. The van der Waals surface area contributed by atoms with E-state index in [0.717, 1.165) is 11.0 Å². The molecule has 2 rings (SSSR count). The van der Waals surface area contributed by atoms with Crippen molar-refractivity contribution in [2.45, 2.75) is 32.9 Å². The molecule has 1 N–H and O–H groups in total. The maximum Gasteiger partial charge on any atom is 0.152 e. The molecule has 0 aliphatic heterocycles. The van der Waals surface area contributed by atoms with Crippen molar-refractivity contribution in [2.24, 2.45) is 0 Å². The lowest BCUT2D eigenvalue weighted by molar-refractivity contribution is -0.119. The normalized spacial score (nSPS) is 14.8. The fourth-order valence-electron chi connectivity index (χ4n) is 1.95. The van der Waals surface area contributed by atoms with E-state index in [1.54, 1.807) is 13.8 Å². The number of Topliss-reactive ketones (excluding diaryl/α,β-unsaturated/α-hetero) is 1. The van der Waals surface area contributed by atoms with Crippen molar-refractivity contribution in [3.8, 4) is 0 Å². The fraction of sp³-hybridized carbons (Fsp3) is 0.385. The number of carbonyl (C=O) groups is 1. The molecule has 1 aromatic carbocycles. The Labute approximate surface area is 99.9 Å². The van der Waals surface area contributed by atoms with Crippen LogP contribution >= 0.6 is 0 Å². The standard InChI is InChI=1S/C13H16N2O2/c1-8(9(2)16)15-12-7-5-4-6-11(12)14-13(15)10(3)17/h4-8,10,17H,1-3H3. The maximum absolute atomic E-state index is 11.5. The second-order valence-corrected chi connectivity index (χ2v) is 4.29. The maximum atomic E-state index is 11.5. The van der Waals surface area contributed by atoms with Gasteiger partial charge in [-0.05, 0) is 32.9 Å². The summed E-state index contributed by atoms with van der Waals surface area (Å²) in [7, 11) is 0. The summed E-state index contributed by atoms with van der Waals surface area (Å²) in [6, 6.07) is 7.27. The van der Waals surface area contributed by atoms with Gasteiger partial charge in [-0.2, -0.15) is 0 Å². The van der Waals surface area contributed by atoms with Crippen LogP contribution in [-0.2, 0) is 4.79 Å². The predicted molar refractivity (Wildman–Crippen MR) is 65.8 cm³/mol. The Bertz CT molecular complexity index is 558. The monoisotopic (exact) mass is 232 g/mol. The van der Waals surface area contributed by atoms with Gasteiger partial charge in [0.05, 0.1) is 17.1 Å². The summed E-state index contributed by atoms with van der Waals surface area (Å²) in [6.45, 7) is 5.03. The summed E-state index contributed by atoms with van der Waals surface area (Å²) in [4.78, 5) is 15.9. The first-order valence-corrected chi connectivity index (χ1v) is 5.67. The van der Waals surface area contributed by atoms with Gasteiger partial charge >= 0.3 is 0 Å². The molecule has 90 valence electrons. The van der Waals surface area contributed by atoms with Crippen LogP contribution in [0.4, 0.5) is 0 Å². The van der Waals surface area contributed by atoms with E-state index in [-0.39, 0.29) is 11.8 Å². The lowest BCUT2D eigenvalue weighted by Gasteiger charge is -2.16. The Hall–Kier alpha value is -1.68. The van der Waals surface area contributed by atoms with E-state index < -0.39 is 6.10 Å². The summed E-state index contributed by atoms with van der Waals surface area (Å²) >= 11 is 0. The van der Waals surface area contributed by atoms with Crippen molar-refractivity contribution in [3.05, 3.63) is 30.1 Å². The number of imidazole rings is 1. The second kappa shape index (κ2) is 4.30. The number of aliphatic hydroxyl groups is 1. The Morgan fingerprint density at radius 3 is 2.59 bits per heavy atom. The van der Waals surface area contributed by atoms with Gasteiger partial charge in [-0.1, -0.05) is 12.1 Å². The van der Waals surface area contributed by atoms with Gasteiger partial charge in [0, 0.05) is 0 Å². The molecule has 0 fully saturated rings. The van der Waals surface area contributed by atoms with Crippen LogP contribution in [0.2, 0.25) is 0 Å². The molecule has 0 spiro atoms. The van der Waals surface area contributed by atoms with Gasteiger partial charge in [0.2, 0.25) is 0 Å². The number of fused-ring (bicyclic) bond motifs is 1. The van der Waals surface area contributed by atoms with Crippen LogP contribution in [0.1, 0.15) is 38.7 Å². The number of nitrogens with zero attached hydrogens (tertiary/aromatic N) is 2. The minimum Gasteiger partial charge on any atom is -0.385 e. The smallest absolute Gasteiger partial charge is 0.152 e. The Balaban J connectivity index is 2.72. The van der Waals surface area contributed by atoms with Gasteiger partial charge in [-0.3, -0.25) is 4.79 Å². The zero-order valence-corrected chi connectivity index (χ0v) is 10.2. The minimum absolute atomic E-state index is 0.0510. The SMILES string of the molecule is CC(=O)C(C)n1c(C(C)O)nc2ccccc21. The zero-order valence-electron chi connectivity index (χ0n) is 10.2. The van der Waals surface area contributed by atoms with Gasteiger partial charge in [-0.15, -0.1) is 0 Å². The highest BCUT2D eigenvalue weighted by atomic mass is 16.3. The number of aliphatic hydroxyl groups excluding tert-OH is 1. The first-order chi connectivity index (χ1) is 8.02. The van der Waals surface area contributed by atoms with Crippen LogP contribution in [0.15, 0.2) is 24.3 Å². The van der Waals surface area contributed by atoms with Crippen molar-refractivity contribution in [2.75, 3.05) is 0 Å². The summed E-state index contributed by atoms with van der Waals surface area (Å²) in [6.07, 6.45) is -0.691. The second-order valence-electron chi connectivity index (χ2n) is 4.29. The topological polar surface area (TPSA) is 55.1 Å². The number of rotatable bonds is 3. The Morgan fingerprint density at radius 1 is 1.35 bits per heavy atom. The largest absolute Gasteiger partial charge is 0.385 e. The van der Waals surface area contributed by atoms with Crippen LogP contribution in [0.5, 0.6) is 0 Å². The third kappa shape index (κ3) is 1.96. The summed E-state index contributed by atoms with van der Waals surface area (Å²) in [5, 5.41) is 9.74. The molecule has 0 saturated heterocycles. The first-order valence-electron chi connectivity index (χ1n) is 5.67. The molecular weight excluding hydrogens is 216 g/mol. The van der Waals surface area contributed by atoms with E-state index in [1.807, 2.05) is 35.8 Å². The third-order valence-electron chi connectivity index (χ3n) is 2.97. The van der Waals surface area contributed by atoms with Crippen molar-refractivity contribution in [1.29, 1.82) is 0 Å². The molecule has 2 aromatic rings. The number of benzene rings is 1. The van der Waals surface area contributed by atoms with E-state index in [0.29, 0.717) is 5.82 Å². The van der Waals surface area contributed by atoms with E-state index in [4.69, 9.17) is 0 Å². The third-order valence-corrected chi connectivity index (χ3v) is 2.97. The molecule has 17 heavy (non-hydrogen) atoms. The molecule has 1 aromatic heterocycles. The Morgan fingerprint density at radius 2 is 2.00 bits per heavy atom. The number of para-hydroxylation sites is 2. The molecule has 0 bridgehead atoms. The van der Waals surface area contributed by atoms with E-state index in [2.05, 4.69) is 4.98 Å². The van der Waals surface area contributed by atoms with E-state index in [9.17, 15) is 9.90 Å². The average molecular weight is 232 g/mol. The van der Waals surface area contributed by atoms with Crippen LogP contribution < -0.4 is 0 Å². The molecule has 2 unspecified atom stereocenters. The highest BCUT2D eigenvalue weighted by Crippen LogP contribution is 2.25. The van der Waals surface area contributed by atoms with Gasteiger partial charge < -0.3 is 9.67 Å². The predicted octanol–water partition coefficient (Wildman–Crippen LogP) is 2.24. The molecule has 4 heteroatoms. The van der Waals surface area contributed by atoms with Crippen molar-refractivity contribution in [3.63, 3.8) is 0 Å². The number of hydrogen-bond acceptors (Lipinski definition) is 3. The number of ketones is 1. The van der Waals surface area contributed by atoms with Crippen LogP contribution in [0, 0.1) is 0 Å². The van der Waals surface area contributed by atoms with Crippen molar-refractivity contribution < 1.29 is 9.90 Å². The highest BCUT2D eigenvalue weighted by Gasteiger charge is 2.20. The molecule has 0 aliphatic rings. The quantitative estimate of drug-likeness (QED) is 0.883. The molecule has 0 amide bonds. The van der Waals surface area contributed by atoms with Gasteiger partial charge in [0.25, 0.3) is 0 Å². The fourth-order valence-corrected chi connectivity index (χ4v) is 1.95. The van der Waals surface area contributed by atoms with Gasteiger partial charge in [0.1, 0.15) is 11.9 Å². The van der Waals surface area contributed by atoms with E-state index in [1.165, 1.54) is 0 Å². The highest BCUT2D eigenvalue weighted by molar-refractivity contribution is 5.83. The van der Waals surface area contributed by atoms with Crippen LogP contribution in [0.25, 0.3) is 11.0 Å². The minimum atomic E-state index is -0.691. The number of aromatic nitrogens is 2. The molecule has 0 aliphatic carbocycles. The molecule has 4 nitrogen and oxygen atoms in total. The van der Waals surface area contributed by atoms with E-state index >= 15 is 0 Å². The zero-order chi connectivity index (χ0) is 12.6. The van der Waals surface area contributed by atoms with Crippen molar-refractivity contribution >= 4 is 16.8 Å². The lowest BCUT2D eigenvalue weighted by Crippen LogP contribution is -2.17. The Kier molecular flexibility index (Phi) is 2.98. The van der Waals surface area contributed by atoms with Gasteiger partial charge in [-0.25, -0.2) is 4.98 Å². The summed E-state index contributed by atoms with van der Waals surface area (Å²) in [5.41, 5.74) is 1.68. The summed E-state index contributed by atoms with van der Waals surface area (Å²) < 4.78 is 1.81. The van der Waals surface area contributed by atoms with Gasteiger partial charge in [0.15, 0.2) is 5.78 Å². The average Bonchev–Trinajstić information content (AvgIpc) is 2.67.